The Morgan fingerprint density at radius 2 is 1.86 bits per heavy atom. The van der Waals surface area contributed by atoms with E-state index in [1.807, 2.05) is 48.5 Å². The minimum atomic E-state index is 0.0506. The Hall–Kier alpha value is -2.89. The number of nitrogens with one attached hydrogen (secondary N) is 1. The van der Waals surface area contributed by atoms with Crippen molar-refractivity contribution >= 4 is 5.95 Å². The lowest BCUT2D eigenvalue weighted by Crippen LogP contribution is -2.15. The Balaban J connectivity index is 1.64. The normalized spacial score (nSPS) is 16.3. The van der Waals surface area contributed by atoms with Crippen LogP contribution in [-0.4, -0.2) is 26.8 Å². The van der Waals surface area contributed by atoms with Crippen LogP contribution >= 0.6 is 0 Å². The lowest BCUT2D eigenvalue weighted by atomic mass is 10.1. The number of ether oxygens (including phenoxy) is 1. The van der Waals surface area contributed by atoms with Crippen molar-refractivity contribution in [2.24, 2.45) is 0 Å². The number of benzene rings is 2. The van der Waals surface area contributed by atoms with E-state index < -0.39 is 0 Å². The van der Waals surface area contributed by atoms with Crippen LogP contribution in [0.3, 0.4) is 0 Å². The molecule has 0 amide bonds. The fourth-order valence-corrected chi connectivity index (χ4v) is 2.46. The number of aromatic nitrogens is 4. The molecule has 1 N–H and O–H groups in total. The maximum Gasteiger partial charge on any atom is 0.248 e. The van der Waals surface area contributed by atoms with E-state index >= 15 is 0 Å². The number of hydrogen-bond acceptors (Lipinski definition) is 5. The van der Waals surface area contributed by atoms with Crippen molar-refractivity contribution in [3.05, 3.63) is 60.2 Å². The monoisotopic (exact) mass is 279 g/mol. The zero-order valence-electron chi connectivity index (χ0n) is 11.2. The van der Waals surface area contributed by atoms with Crippen molar-refractivity contribution in [2.75, 3.05) is 11.9 Å². The highest BCUT2D eigenvalue weighted by molar-refractivity contribution is 5.46. The van der Waals surface area contributed by atoms with E-state index in [2.05, 4.69) is 26.9 Å². The molecule has 0 fully saturated rings. The second kappa shape index (κ2) is 4.90. The summed E-state index contributed by atoms with van der Waals surface area (Å²) < 4.78 is 7.35. The minimum Gasteiger partial charge on any atom is -0.491 e. The largest absolute Gasteiger partial charge is 0.491 e. The Bertz CT molecular complexity index is 756. The first-order valence-corrected chi connectivity index (χ1v) is 6.74. The predicted molar refractivity (Wildman–Crippen MR) is 77.5 cm³/mol. The summed E-state index contributed by atoms with van der Waals surface area (Å²) in [6.45, 7) is 0.570. The highest BCUT2D eigenvalue weighted by Gasteiger charge is 2.25. The summed E-state index contributed by atoms with van der Waals surface area (Å²) >= 11 is 0. The number of hydrogen-bond donors (Lipinski definition) is 1. The van der Waals surface area contributed by atoms with Crippen molar-refractivity contribution < 1.29 is 4.74 Å². The van der Waals surface area contributed by atoms with Gasteiger partial charge in [0.1, 0.15) is 12.4 Å². The third kappa shape index (κ3) is 2.10. The van der Waals surface area contributed by atoms with Crippen LogP contribution < -0.4 is 10.1 Å². The number of para-hydroxylation sites is 2. The molecule has 1 aliphatic heterocycles. The van der Waals surface area contributed by atoms with Gasteiger partial charge in [0.15, 0.2) is 0 Å². The molecule has 4 rings (SSSR count). The van der Waals surface area contributed by atoms with Crippen LogP contribution in [0.5, 0.6) is 5.75 Å². The summed E-state index contributed by atoms with van der Waals surface area (Å²) in [6, 6.07) is 17.8. The van der Waals surface area contributed by atoms with E-state index in [0.29, 0.717) is 12.6 Å². The molecule has 0 aliphatic carbocycles. The molecule has 0 bridgehead atoms. The van der Waals surface area contributed by atoms with Crippen LogP contribution in [0.1, 0.15) is 11.6 Å². The predicted octanol–water partition coefficient (Wildman–Crippen LogP) is 2.21. The number of anilines is 1. The molecule has 2 heterocycles. The molecule has 6 nitrogen and oxygen atoms in total. The van der Waals surface area contributed by atoms with Crippen molar-refractivity contribution in [3.63, 3.8) is 0 Å². The number of rotatable bonds is 3. The fourth-order valence-electron chi connectivity index (χ4n) is 2.46. The van der Waals surface area contributed by atoms with E-state index in [0.717, 1.165) is 17.0 Å². The fraction of sp³-hybridized carbons (Fsp3) is 0.133. The molecule has 1 unspecified atom stereocenters. The average Bonchev–Trinajstić information content (AvgIpc) is 3.16. The maximum absolute atomic E-state index is 5.67. The standard InChI is InChI=1S/C15H13N5O/c1-2-6-11(7-3-1)20-15(17-18-19-20)16-13-10-21-14-9-5-4-8-12(13)14/h1-9,13H,10H2,(H,16,17,19). The number of fused-ring (bicyclic) bond motifs is 1. The van der Waals surface area contributed by atoms with Crippen LogP contribution in [0, 0.1) is 0 Å². The van der Waals surface area contributed by atoms with Crippen LogP contribution in [0.4, 0.5) is 5.95 Å². The first kappa shape index (κ1) is 11.9. The van der Waals surface area contributed by atoms with E-state index in [-0.39, 0.29) is 6.04 Å². The molecule has 1 atom stereocenters. The van der Waals surface area contributed by atoms with Gasteiger partial charge in [-0.1, -0.05) is 41.5 Å². The van der Waals surface area contributed by atoms with Gasteiger partial charge in [-0.2, -0.15) is 4.68 Å². The van der Waals surface area contributed by atoms with E-state index in [9.17, 15) is 0 Å². The van der Waals surface area contributed by atoms with E-state index in [4.69, 9.17) is 4.74 Å². The summed E-state index contributed by atoms with van der Waals surface area (Å²) in [7, 11) is 0. The Morgan fingerprint density at radius 3 is 2.76 bits per heavy atom. The van der Waals surface area contributed by atoms with Crippen molar-refractivity contribution in [2.45, 2.75) is 6.04 Å². The minimum absolute atomic E-state index is 0.0506. The third-order valence-electron chi connectivity index (χ3n) is 3.47. The Labute approximate surface area is 121 Å². The summed E-state index contributed by atoms with van der Waals surface area (Å²) in [5, 5.41) is 15.2. The highest BCUT2D eigenvalue weighted by Crippen LogP contribution is 2.33. The summed E-state index contributed by atoms with van der Waals surface area (Å²) in [6.07, 6.45) is 0. The van der Waals surface area contributed by atoms with Crippen LogP contribution in [0.15, 0.2) is 54.6 Å². The second-order valence-corrected chi connectivity index (χ2v) is 4.80. The van der Waals surface area contributed by atoms with Gasteiger partial charge in [-0.3, -0.25) is 0 Å². The smallest absolute Gasteiger partial charge is 0.248 e. The lowest BCUT2D eigenvalue weighted by Gasteiger charge is -2.12. The van der Waals surface area contributed by atoms with Gasteiger partial charge in [-0.05, 0) is 28.6 Å². The molecule has 0 radical (unpaired) electrons. The van der Waals surface area contributed by atoms with Crippen LogP contribution in [0.2, 0.25) is 0 Å². The quantitative estimate of drug-likeness (QED) is 0.796. The molecular weight excluding hydrogens is 266 g/mol. The molecular formula is C15H13N5O. The van der Waals surface area contributed by atoms with Crippen molar-refractivity contribution in [1.82, 2.24) is 20.2 Å². The maximum atomic E-state index is 5.67. The zero-order valence-corrected chi connectivity index (χ0v) is 11.2. The van der Waals surface area contributed by atoms with Gasteiger partial charge >= 0.3 is 0 Å². The third-order valence-corrected chi connectivity index (χ3v) is 3.47. The molecule has 3 aromatic rings. The topological polar surface area (TPSA) is 64.9 Å². The lowest BCUT2D eigenvalue weighted by molar-refractivity contribution is 0.339. The number of nitrogens with zero attached hydrogens (tertiary/aromatic N) is 4. The molecule has 6 heteroatoms. The summed E-state index contributed by atoms with van der Waals surface area (Å²) in [4.78, 5) is 0. The van der Waals surface area contributed by atoms with Gasteiger partial charge in [0.2, 0.25) is 5.95 Å². The Morgan fingerprint density at radius 1 is 1.05 bits per heavy atom. The van der Waals surface area contributed by atoms with Crippen LogP contribution in [0.25, 0.3) is 5.69 Å². The molecule has 0 saturated carbocycles. The van der Waals surface area contributed by atoms with Gasteiger partial charge in [-0.15, -0.1) is 0 Å². The number of tetrazole rings is 1. The molecule has 0 saturated heterocycles. The zero-order chi connectivity index (χ0) is 14.1. The first-order chi connectivity index (χ1) is 10.4. The summed E-state index contributed by atoms with van der Waals surface area (Å²) in [5.41, 5.74) is 2.04. The van der Waals surface area contributed by atoms with E-state index in [1.54, 1.807) is 4.68 Å². The summed E-state index contributed by atoms with van der Waals surface area (Å²) in [5.74, 6) is 1.51. The average molecular weight is 279 g/mol. The van der Waals surface area contributed by atoms with Crippen LogP contribution in [-0.2, 0) is 0 Å². The first-order valence-electron chi connectivity index (χ1n) is 6.74. The van der Waals surface area contributed by atoms with Gasteiger partial charge in [0.05, 0.1) is 11.7 Å². The van der Waals surface area contributed by atoms with E-state index in [1.165, 1.54) is 0 Å². The molecule has 2 aromatic carbocycles. The Kier molecular flexibility index (Phi) is 2.77. The van der Waals surface area contributed by atoms with Gasteiger partial charge in [0, 0.05) is 5.56 Å². The second-order valence-electron chi connectivity index (χ2n) is 4.80. The van der Waals surface area contributed by atoms with Crippen molar-refractivity contribution in [3.8, 4) is 11.4 Å². The van der Waals surface area contributed by atoms with Gasteiger partial charge < -0.3 is 10.1 Å². The molecule has 0 spiro atoms. The molecule has 1 aromatic heterocycles. The molecule has 1 aliphatic rings. The highest BCUT2D eigenvalue weighted by atomic mass is 16.5. The van der Waals surface area contributed by atoms with Gasteiger partial charge in [-0.25, -0.2) is 0 Å². The van der Waals surface area contributed by atoms with Gasteiger partial charge in [0.25, 0.3) is 0 Å². The van der Waals surface area contributed by atoms with Crippen molar-refractivity contribution in [1.29, 1.82) is 0 Å². The molecule has 104 valence electrons. The SMILES string of the molecule is c1ccc(-n2nnnc2NC2COc3ccccc32)cc1. The molecule has 21 heavy (non-hydrogen) atoms.